The molecule has 0 radical (unpaired) electrons. The molecule has 7 heteroatoms. The van der Waals surface area contributed by atoms with Gasteiger partial charge in [-0.3, -0.25) is 4.79 Å². The van der Waals surface area contributed by atoms with Crippen LogP contribution in [0.2, 0.25) is 0 Å². The van der Waals surface area contributed by atoms with Crippen molar-refractivity contribution in [3.8, 4) is 11.5 Å². The van der Waals surface area contributed by atoms with Crippen molar-refractivity contribution in [3.63, 3.8) is 0 Å². The highest BCUT2D eigenvalue weighted by atomic mass is 32.1. The predicted octanol–water partition coefficient (Wildman–Crippen LogP) is 1.44. The number of hydrogen-bond donors (Lipinski definition) is 1. The first kappa shape index (κ1) is 16.5. The van der Waals surface area contributed by atoms with Gasteiger partial charge < -0.3 is 24.4 Å². The number of amides is 1. The largest absolute Gasteiger partial charge is 0.485 e. The number of hydrogen-bond acceptors (Lipinski definition) is 6. The number of aliphatic hydroxyl groups is 1. The van der Waals surface area contributed by atoms with E-state index in [1.807, 2.05) is 29.3 Å². The van der Waals surface area contributed by atoms with Crippen molar-refractivity contribution >= 4 is 17.2 Å². The Morgan fingerprint density at radius 2 is 2.13 bits per heavy atom. The fourth-order valence-electron chi connectivity index (χ4n) is 3.28. The van der Waals surface area contributed by atoms with E-state index in [0.717, 1.165) is 12.8 Å². The third-order valence-electron chi connectivity index (χ3n) is 4.31. The molecule has 6 nitrogen and oxygen atoms in total. The second kappa shape index (κ2) is 6.67. The smallest absolute Gasteiger partial charge is 0.267 e. The Morgan fingerprint density at radius 1 is 1.35 bits per heavy atom. The molecule has 0 aromatic carbocycles. The molecule has 2 aliphatic heterocycles. The number of likely N-dealkylation sites (N-methyl/N-ethyl adjacent to an activating group) is 1. The zero-order valence-electron chi connectivity index (χ0n) is 13.7. The van der Waals surface area contributed by atoms with Crippen molar-refractivity contribution < 1.29 is 19.4 Å². The molecule has 23 heavy (non-hydrogen) atoms. The first-order chi connectivity index (χ1) is 11.0. The molecule has 1 atom stereocenters. The third-order valence-corrected chi connectivity index (χ3v) is 5.24. The summed E-state index contributed by atoms with van der Waals surface area (Å²) < 4.78 is 11.1. The number of rotatable bonds is 3. The number of fused-ring (bicyclic) bond motifs is 1. The van der Waals surface area contributed by atoms with Gasteiger partial charge in [-0.25, -0.2) is 0 Å². The van der Waals surface area contributed by atoms with Crippen molar-refractivity contribution in [3.05, 3.63) is 10.3 Å². The van der Waals surface area contributed by atoms with Crippen molar-refractivity contribution in [2.45, 2.75) is 24.9 Å². The number of carbonyl (C=O) groups is 1. The topological polar surface area (TPSA) is 62.2 Å². The molecule has 0 bridgehead atoms. The Morgan fingerprint density at radius 3 is 2.91 bits per heavy atom. The van der Waals surface area contributed by atoms with Gasteiger partial charge in [-0.05, 0) is 33.4 Å². The minimum absolute atomic E-state index is 0.0177. The second-order valence-electron chi connectivity index (χ2n) is 6.56. The molecule has 1 aromatic heterocycles. The van der Waals surface area contributed by atoms with E-state index in [1.54, 1.807) is 0 Å². The van der Waals surface area contributed by atoms with E-state index in [9.17, 15) is 9.90 Å². The van der Waals surface area contributed by atoms with Gasteiger partial charge in [0.15, 0.2) is 11.5 Å². The standard InChI is InChI=1S/C16H24N2O4S/c1-17(2)11-16(20)4-3-6-18(7-5-16)15(19)14-13-12(10-23-14)21-8-9-22-13/h10,20H,3-9,11H2,1-2H3/t16-/m1/s1. The molecular weight excluding hydrogens is 316 g/mol. The zero-order valence-corrected chi connectivity index (χ0v) is 14.5. The maximum atomic E-state index is 12.8. The molecule has 0 unspecified atom stereocenters. The quantitative estimate of drug-likeness (QED) is 0.902. The summed E-state index contributed by atoms with van der Waals surface area (Å²) in [7, 11) is 3.92. The van der Waals surface area contributed by atoms with Crippen LogP contribution < -0.4 is 9.47 Å². The lowest BCUT2D eigenvalue weighted by Crippen LogP contribution is -2.41. The summed E-state index contributed by atoms with van der Waals surface area (Å²) in [5.74, 6) is 1.23. The lowest BCUT2D eigenvalue weighted by atomic mass is 9.94. The van der Waals surface area contributed by atoms with Gasteiger partial charge in [-0.15, -0.1) is 11.3 Å². The molecule has 0 aliphatic carbocycles. The maximum absolute atomic E-state index is 12.8. The highest BCUT2D eigenvalue weighted by molar-refractivity contribution is 7.12. The third kappa shape index (κ3) is 3.62. The molecule has 1 N–H and O–H groups in total. The molecule has 1 aromatic rings. The van der Waals surface area contributed by atoms with E-state index in [4.69, 9.17) is 9.47 Å². The Hall–Kier alpha value is -1.31. The normalized spacial score (nSPS) is 24.6. The van der Waals surface area contributed by atoms with Crippen LogP contribution in [0.5, 0.6) is 11.5 Å². The van der Waals surface area contributed by atoms with Crippen molar-refractivity contribution in [2.75, 3.05) is 46.9 Å². The van der Waals surface area contributed by atoms with Crippen LogP contribution in [-0.2, 0) is 0 Å². The van der Waals surface area contributed by atoms with E-state index in [2.05, 4.69) is 0 Å². The molecule has 1 saturated heterocycles. The number of carbonyl (C=O) groups excluding carboxylic acids is 1. The molecule has 1 amide bonds. The first-order valence-electron chi connectivity index (χ1n) is 8.02. The van der Waals surface area contributed by atoms with Crippen molar-refractivity contribution in [1.82, 2.24) is 9.80 Å². The van der Waals surface area contributed by atoms with E-state index in [0.29, 0.717) is 55.6 Å². The van der Waals surface area contributed by atoms with Crippen LogP contribution >= 0.6 is 11.3 Å². The van der Waals surface area contributed by atoms with Crippen molar-refractivity contribution in [2.24, 2.45) is 0 Å². The second-order valence-corrected chi connectivity index (χ2v) is 7.44. The Kier molecular flexibility index (Phi) is 4.79. The minimum atomic E-state index is -0.715. The van der Waals surface area contributed by atoms with Gasteiger partial charge in [-0.2, -0.15) is 0 Å². The molecular formula is C16H24N2O4S. The lowest BCUT2D eigenvalue weighted by Gasteiger charge is -2.30. The highest BCUT2D eigenvalue weighted by Crippen LogP contribution is 2.40. The number of thiophene rings is 1. The van der Waals surface area contributed by atoms with Crippen LogP contribution in [0, 0.1) is 0 Å². The number of likely N-dealkylation sites (tertiary alicyclic amines) is 1. The van der Waals surface area contributed by atoms with Crippen LogP contribution in [0.25, 0.3) is 0 Å². The molecule has 3 rings (SSSR count). The average molecular weight is 340 g/mol. The molecule has 3 heterocycles. The van der Waals surface area contributed by atoms with Gasteiger partial charge in [0.1, 0.15) is 18.1 Å². The Bertz CT molecular complexity index is 574. The fraction of sp³-hybridized carbons (Fsp3) is 0.688. The van der Waals surface area contributed by atoms with E-state index >= 15 is 0 Å². The summed E-state index contributed by atoms with van der Waals surface area (Å²) in [5, 5.41) is 12.6. The van der Waals surface area contributed by atoms with Gasteiger partial charge in [0, 0.05) is 25.0 Å². The minimum Gasteiger partial charge on any atom is -0.485 e. The van der Waals surface area contributed by atoms with E-state index < -0.39 is 5.60 Å². The molecule has 0 saturated carbocycles. The summed E-state index contributed by atoms with van der Waals surface area (Å²) in [6.07, 6.45) is 2.12. The number of nitrogens with zero attached hydrogens (tertiary/aromatic N) is 2. The van der Waals surface area contributed by atoms with E-state index in [1.165, 1.54) is 11.3 Å². The van der Waals surface area contributed by atoms with Crippen LogP contribution in [0.3, 0.4) is 0 Å². The Labute approximate surface area is 140 Å². The Balaban J connectivity index is 1.70. The summed E-state index contributed by atoms with van der Waals surface area (Å²) >= 11 is 1.37. The van der Waals surface area contributed by atoms with Gasteiger partial charge in [0.05, 0.1) is 5.60 Å². The zero-order chi connectivity index (χ0) is 16.4. The van der Waals surface area contributed by atoms with E-state index in [-0.39, 0.29) is 5.91 Å². The summed E-state index contributed by atoms with van der Waals surface area (Å²) in [6.45, 7) is 2.87. The highest BCUT2D eigenvalue weighted by Gasteiger charge is 2.34. The summed E-state index contributed by atoms with van der Waals surface area (Å²) in [6, 6.07) is 0. The SMILES string of the molecule is CN(C)C[C@@]1(O)CCCN(C(=O)c2scc3c2OCCO3)CC1. The van der Waals surface area contributed by atoms with Gasteiger partial charge in [0.2, 0.25) is 0 Å². The molecule has 2 aliphatic rings. The van der Waals surface area contributed by atoms with Crippen LogP contribution in [0.15, 0.2) is 5.38 Å². The average Bonchev–Trinajstić information content (AvgIpc) is 2.84. The van der Waals surface area contributed by atoms with Crippen molar-refractivity contribution in [1.29, 1.82) is 0 Å². The monoisotopic (exact) mass is 340 g/mol. The fourth-order valence-corrected chi connectivity index (χ4v) is 4.18. The van der Waals surface area contributed by atoms with Crippen LogP contribution in [0.4, 0.5) is 0 Å². The molecule has 1 fully saturated rings. The van der Waals surface area contributed by atoms with Gasteiger partial charge >= 0.3 is 0 Å². The maximum Gasteiger partial charge on any atom is 0.267 e. The summed E-state index contributed by atoms with van der Waals surface area (Å²) in [4.78, 5) is 17.3. The van der Waals surface area contributed by atoms with Crippen LogP contribution in [-0.4, -0.2) is 73.4 Å². The van der Waals surface area contributed by atoms with Gasteiger partial charge in [-0.1, -0.05) is 0 Å². The van der Waals surface area contributed by atoms with Crippen LogP contribution in [0.1, 0.15) is 28.9 Å². The molecule has 0 spiro atoms. The lowest BCUT2D eigenvalue weighted by molar-refractivity contribution is 0.00305. The van der Waals surface area contributed by atoms with Gasteiger partial charge in [0.25, 0.3) is 5.91 Å². The predicted molar refractivity (Wildman–Crippen MR) is 88.6 cm³/mol. The summed E-state index contributed by atoms with van der Waals surface area (Å²) in [5.41, 5.74) is -0.715. The first-order valence-corrected chi connectivity index (χ1v) is 8.90. The number of ether oxygens (including phenoxy) is 2. The molecule has 128 valence electrons.